The minimum Gasteiger partial charge on any atom is -0.493 e. The molecule has 0 saturated heterocycles. The van der Waals surface area contributed by atoms with Gasteiger partial charge in [-0.3, -0.25) is 4.79 Å². The smallest absolute Gasteiger partial charge is 0.331 e. The van der Waals surface area contributed by atoms with Crippen LogP contribution in [0.25, 0.3) is 6.08 Å². The molecule has 0 heterocycles. The highest BCUT2D eigenvalue weighted by Crippen LogP contribution is 2.31. The number of ether oxygens (including phenoxy) is 3. The molecule has 2 aromatic rings. The number of carbonyl (C=O) groups is 2. The van der Waals surface area contributed by atoms with Crippen molar-refractivity contribution in [1.82, 2.24) is 0 Å². The Hall–Kier alpha value is -2.70. The first-order chi connectivity index (χ1) is 12.9. The highest BCUT2D eigenvalue weighted by molar-refractivity contribution is 6.35. The molecule has 0 radical (unpaired) electrons. The van der Waals surface area contributed by atoms with Crippen LogP contribution in [-0.4, -0.2) is 32.7 Å². The Bertz CT molecular complexity index is 847. The van der Waals surface area contributed by atoms with E-state index in [0.29, 0.717) is 32.8 Å². The van der Waals surface area contributed by atoms with Crippen molar-refractivity contribution in [3.63, 3.8) is 0 Å². The molecule has 0 aliphatic rings. The number of nitrogens with one attached hydrogen (secondary N) is 1. The highest BCUT2D eigenvalue weighted by atomic mass is 35.5. The van der Waals surface area contributed by atoms with Gasteiger partial charge in [0.05, 0.1) is 14.2 Å². The van der Waals surface area contributed by atoms with Crippen molar-refractivity contribution >= 4 is 46.8 Å². The molecule has 0 unspecified atom stereocenters. The first-order valence-corrected chi connectivity index (χ1v) is 8.50. The molecule has 27 heavy (non-hydrogen) atoms. The molecule has 0 fully saturated rings. The first-order valence-electron chi connectivity index (χ1n) is 7.74. The SMILES string of the molecule is COc1cccc(/C=C/C(=O)OCC(=O)Nc2cc(Cl)cc(Cl)c2)c1OC. The second-order valence-corrected chi connectivity index (χ2v) is 6.10. The molecule has 0 bridgehead atoms. The van der Waals surface area contributed by atoms with Crippen molar-refractivity contribution in [1.29, 1.82) is 0 Å². The quantitative estimate of drug-likeness (QED) is 0.547. The average molecular weight is 410 g/mol. The Balaban J connectivity index is 1.92. The van der Waals surface area contributed by atoms with Gasteiger partial charge in [0, 0.05) is 27.4 Å². The van der Waals surface area contributed by atoms with E-state index >= 15 is 0 Å². The Labute approximate surface area is 166 Å². The van der Waals surface area contributed by atoms with Crippen LogP contribution < -0.4 is 14.8 Å². The summed E-state index contributed by atoms with van der Waals surface area (Å²) in [5.41, 5.74) is 1.04. The zero-order valence-corrected chi connectivity index (χ0v) is 16.1. The molecule has 0 aliphatic heterocycles. The largest absolute Gasteiger partial charge is 0.493 e. The molecule has 2 aromatic carbocycles. The molecular weight excluding hydrogens is 393 g/mol. The maximum absolute atomic E-state index is 11.9. The predicted octanol–water partition coefficient (Wildman–Crippen LogP) is 4.21. The van der Waals surface area contributed by atoms with Crippen LogP contribution in [0.2, 0.25) is 10.0 Å². The Morgan fingerprint density at radius 3 is 2.41 bits per heavy atom. The Kier molecular flexibility index (Phi) is 7.52. The fourth-order valence-corrected chi connectivity index (χ4v) is 2.73. The van der Waals surface area contributed by atoms with Gasteiger partial charge >= 0.3 is 5.97 Å². The monoisotopic (exact) mass is 409 g/mol. The maximum Gasteiger partial charge on any atom is 0.331 e. The summed E-state index contributed by atoms with van der Waals surface area (Å²) in [4.78, 5) is 23.7. The molecule has 0 aromatic heterocycles. The highest BCUT2D eigenvalue weighted by Gasteiger charge is 2.09. The number of para-hydroxylation sites is 1. The summed E-state index contributed by atoms with van der Waals surface area (Å²) >= 11 is 11.7. The van der Waals surface area contributed by atoms with Crippen LogP contribution in [-0.2, 0) is 14.3 Å². The van der Waals surface area contributed by atoms with E-state index in [1.165, 1.54) is 44.6 Å². The molecule has 1 N–H and O–H groups in total. The van der Waals surface area contributed by atoms with Gasteiger partial charge in [0.2, 0.25) is 0 Å². The van der Waals surface area contributed by atoms with Gasteiger partial charge in [-0.25, -0.2) is 4.79 Å². The van der Waals surface area contributed by atoms with Gasteiger partial charge in [-0.15, -0.1) is 0 Å². The minimum atomic E-state index is -0.681. The summed E-state index contributed by atoms with van der Waals surface area (Å²) in [5, 5.41) is 3.30. The van der Waals surface area contributed by atoms with Crippen molar-refractivity contribution in [2.45, 2.75) is 0 Å². The van der Waals surface area contributed by atoms with E-state index in [-0.39, 0.29) is 0 Å². The summed E-state index contributed by atoms with van der Waals surface area (Å²) in [7, 11) is 3.02. The van der Waals surface area contributed by atoms with Gasteiger partial charge in [0.25, 0.3) is 5.91 Å². The fraction of sp³-hybridized carbons (Fsp3) is 0.158. The lowest BCUT2D eigenvalue weighted by molar-refractivity contribution is -0.142. The number of methoxy groups -OCH3 is 2. The summed E-state index contributed by atoms with van der Waals surface area (Å²) in [6.07, 6.45) is 2.71. The molecule has 0 saturated carbocycles. The molecule has 6 nitrogen and oxygen atoms in total. The summed E-state index contributed by atoms with van der Waals surface area (Å²) in [6, 6.07) is 9.85. The second-order valence-electron chi connectivity index (χ2n) is 5.23. The van der Waals surface area contributed by atoms with Crippen LogP contribution in [0.5, 0.6) is 11.5 Å². The lowest BCUT2D eigenvalue weighted by Crippen LogP contribution is -2.20. The molecule has 2 rings (SSSR count). The van der Waals surface area contributed by atoms with Crippen LogP contribution >= 0.6 is 23.2 Å². The van der Waals surface area contributed by atoms with Gasteiger partial charge in [-0.05, 0) is 30.3 Å². The van der Waals surface area contributed by atoms with Crippen LogP contribution in [0.15, 0.2) is 42.5 Å². The van der Waals surface area contributed by atoms with Crippen molar-refractivity contribution in [2.24, 2.45) is 0 Å². The molecular formula is C19H17Cl2NO5. The number of rotatable bonds is 7. The topological polar surface area (TPSA) is 73.9 Å². The summed E-state index contributed by atoms with van der Waals surface area (Å²) < 4.78 is 15.4. The van der Waals surface area contributed by atoms with E-state index in [4.69, 9.17) is 37.4 Å². The molecule has 142 valence electrons. The average Bonchev–Trinajstić information content (AvgIpc) is 2.63. The van der Waals surface area contributed by atoms with E-state index in [0.717, 1.165) is 0 Å². The lowest BCUT2D eigenvalue weighted by atomic mass is 10.1. The number of anilines is 1. The maximum atomic E-state index is 11.9. The Morgan fingerprint density at radius 2 is 1.78 bits per heavy atom. The normalized spacial score (nSPS) is 10.5. The standard InChI is InChI=1S/C19H17Cl2NO5/c1-25-16-5-3-4-12(19(16)26-2)6-7-18(24)27-11-17(23)22-15-9-13(20)8-14(21)10-15/h3-10H,11H2,1-2H3,(H,22,23)/b7-6+. The van der Waals surface area contributed by atoms with Gasteiger partial charge < -0.3 is 19.5 Å². The number of esters is 1. The number of hydrogen-bond donors (Lipinski definition) is 1. The molecule has 0 aliphatic carbocycles. The third-order valence-corrected chi connectivity index (χ3v) is 3.76. The molecule has 0 atom stereocenters. The van der Waals surface area contributed by atoms with E-state index < -0.39 is 18.5 Å². The van der Waals surface area contributed by atoms with Crippen LogP contribution in [0.3, 0.4) is 0 Å². The number of hydrogen-bond acceptors (Lipinski definition) is 5. The number of benzene rings is 2. The summed E-state index contributed by atoms with van der Waals surface area (Å²) in [5.74, 6) is -0.180. The summed E-state index contributed by atoms with van der Waals surface area (Å²) in [6.45, 7) is -0.456. The molecule has 1 amide bonds. The van der Waals surface area contributed by atoms with Gasteiger partial charge in [0.15, 0.2) is 18.1 Å². The van der Waals surface area contributed by atoms with Crippen LogP contribution in [0, 0.1) is 0 Å². The van der Waals surface area contributed by atoms with Gasteiger partial charge in [-0.1, -0.05) is 35.3 Å². The van der Waals surface area contributed by atoms with Crippen molar-refractivity contribution in [3.8, 4) is 11.5 Å². The number of halogens is 2. The second kappa shape index (κ2) is 9.85. The van der Waals surface area contributed by atoms with E-state index in [2.05, 4.69) is 5.32 Å². The fourth-order valence-electron chi connectivity index (χ4n) is 2.21. The predicted molar refractivity (Wildman–Crippen MR) is 105 cm³/mol. The minimum absolute atomic E-state index is 0.380. The van der Waals surface area contributed by atoms with Crippen molar-refractivity contribution in [3.05, 3.63) is 58.1 Å². The zero-order valence-electron chi connectivity index (χ0n) is 14.6. The first kappa shape index (κ1) is 20.6. The Morgan fingerprint density at radius 1 is 1.07 bits per heavy atom. The van der Waals surface area contributed by atoms with Gasteiger partial charge in [-0.2, -0.15) is 0 Å². The van der Waals surface area contributed by atoms with E-state index in [9.17, 15) is 9.59 Å². The third-order valence-electron chi connectivity index (χ3n) is 3.32. The van der Waals surface area contributed by atoms with Gasteiger partial charge in [0.1, 0.15) is 0 Å². The molecule has 0 spiro atoms. The van der Waals surface area contributed by atoms with E-state index in [1.807, 2.05) is 0 Å². The zero-order chi connectivity index (χ0) is 19.8. The number of carbonyl (C=O) groups excluding carboxylic acids is 2. The third kappa shape index (κ3) is 6.20. The lowest BCUT2D eigenvalue weighted by Gasteiger charge is -2.09. The number of amides is 1. The van der Waals surface area contributed by atoms with Crippen LogP contribution in [0.4, 0.5) is 5.69 Å². The van der Waals surface area contributed by atoms with Crippen molar-refractivity contribution < 1.29 is 23.8 Å². The van der Waals surface area contributed by atoms with Crippen molar-refractivity contribution in [2.75, 3.05) is 26.1 Å². The molecule has 8 heteroatoms. The van der Waals surface area contributed by atoms with Crippen LogP contribution in [0.1, 0.15) is 5.56 Å². The van der Waals surface area contributed by atoms with E-state index in [1.54, 1.807) is 18.2 Å².